The maximum atomic E-state index is 11.4. The highest BCUT2D eigenvalue weighted by Gasteiger charge is 2.65. The van der Waals surface area contributed by atoms with Gasteiger partial charge in [0.1, 0.15) is 12.2 Å². The van der Waals surface area contributed by atoms with Gasteiger partial charge >= 0.3 is 5.97 Å². The van der Waals surface area contributed by atoms with E-state index in [1.54, 1.807) is 0 Å². The van der Waals surface area contributed by atoms with Gasteiger partial charge in [-0.1, -0.05) is 31.9 Å². The molecule has 2 saturated heterocycles. The van der Waals surface area contributed by atoms with E-state index in [4.69, 9.17) is 18.9 Å². The van der Waals surface area contributed by atoms with Crippen LogP contribution in [0.4, 0.5) is 0 Å². The molecule has 0 bridgehead atoms. The molecular formula is C12H18Br2O8. The third-order valence-corrected chi connectivity index (χ3v) is 5.18. The van der Waals surface area contributed by atoms with Gasteiger partial charge in [-0.2, -0.15) is 0 Å². The molecule has 2 aliphatic heterocycles. The Kier molecular flexibility index (Phi) is 5.26. The number of alkyl halides is 2. The molecule has 0 radical (unpaired) electrons. The number of aliphatic carboxylic acids is 1. The topological polar surface area (TPSA) is 115 Å². The fourth-order valence-corrected chi connectivity index (χ4v) is 4.01. The molecule has 8 nitrogen and oxygen atoms in total. The Hall–Kier alpha value is 0.190. The molecule has 0 aromatic rings. The van der Waals surface area contributed by atoms with Crippen molar-refractivity contribution in [2.24, 2.45) is 0 Å². The van der Waals surface area contributed by atoms with Crippen LogP contribution in [0.25, 0.3) is 0 Å². The molecule has 0 aromatic heterocycles. The molecule has 0 amide bonds. The van der Waals surface area contributed by atoms with E-state index in [0.717, 1.165) is 0 Å². The molecule has 2 heterocycles. The molecular weight excluding hydrogens is 432 g/mol. The van der Waals surface area contributed by atoms with Crippen LogP contribution in [0.3, 0.4) is 0 Å². The number of carboxylic acid groups (broad SMARTS) is 1. The zero-order chi connectivity index (χ0) is 16.8. The van der Waals surface area contributed by atoms with E-state index in [-0.39, 0.29) is 10.7 Å². The van der Waals surface area contributed by atoms with Crippen molar-refractivity contribution in [3.63, 3.8) is 0 Å². The molecule has 0 saturated carbocycles. The summed E-state index contributed by atoms with van der Waals surface area (Å²) in [6.45, 7) is 2.53. The normalized spacial score (nSPS) is 40.0. The predicted octanol–water partition coefficient (Wildman–Crippen LogP) is 0.174. The summed E-state index contributed by atoms with van der Waals surface area (Å²) in [5.74, 6) is -6.62. The lowest BCUT2D eigenvalue weighted by atomic mass is 10.0. The van der Waals surface area contributed by atoms with Gasteiger partial charge in [-0.15, -0.1) is 0 Å². The Bertz CT molecular complexity index is 441. The number of ether oxygens (including phenoxy) is 4. The molecule has 10 heteroatoms. The Morgan fingerprint density at radius 3 is 2.23 bits per heavy atom. The summed E-state index contributed by atoms with van der Waals surface area (Å²) in [5, 5.41) is 29.7. The lowest BCUT2D eigenvalue weighted by molar-refractivity contribution is -0.242. The Balaban J connectivity index is 2.34. The summed E-state index contributed by atoms with van der Waals surface area (Å²) >= 11 is 6.51. The summed E-state index contributed by atoms with van der Waals surface area (Å²) in [5.41, 5.74) is 0. The first-order chi connectivity index (χ1) is 10.1. The van der Waals surface area contributed by atoms with Crippen molar-refractivity contribution >= 4 is 37.8 Å². The van der Waals surface area contributed by atoms with E-state index in [0.29, 0.717) is 0 Å². The van der Waals surface area contributed by atoms with E-state index < -0.39 is 48.2 Å². The summed E-state index contributed by atoms with van der Waals surface area (Å²) in [4.78, 5) is 11.4. The largest absolute Gasteiger partial charge is 0.477 e. The Morgan fingerprint density at radius 2 is 1.77 bits per heavy atom. The molecule has 0 aromatic carbocycles. The highest BCUT2D eigenvalue weighted by atomic mass is 79.9. The number of hydrogen-bond donors (Lipinski definition) is 3. The lowest BCUT2D eigenvalue weighted by Crippen LogP contribution is -2.55. The molecule has 0 spiro atoms. The number of aliphatic hydroxyl groups is 2. The van der Waals surface area contributed by atoms with E-state index in [2.05, 4.69) is 31.9 Å². The van der Waals surface area contributed by atoms with E-state index in [1.165, 1.54) is 13.8 Å². The fraction of sp³-hybridized carbons (Fsp3) is 0.917. The third-order valence-electron chi connectivity index (χ3n) is 3.47. The van der Waals surface area contributed by atoms with Gasteiger partial charge in [-0.3, -0.25) is 0 Å². The SMILES string of the molecule is CC1(C)O[C@@H]([C@@H]2OC(CBr)(CBr)O[C@@H]2CO)[C@](O)(C(=O)O)O1. The summed E-state index contributed by atoms with van der Waals surface area (Å²) in [7, 11) is 0. The van der Waals surface area contributed by atoms with Crippen molar-refractivity contribution in [2.45, 2.75) is 49.5 Å². The van der Waals surface area contributed by atoms with Crippen molar-refractivity contribution in [1.82, 2.24) is 0 Å². The average Bonchev–Trinajstić information content (AvgIpc) is 2.94. The van der Waals surface area contributed by atoms with Crippen molar-refractivity contribution in [3.8, 4) is 0 Å². The summed E-state index contributed by atoms with van der Waals surface area (Å²) < 4.78 is 22.1. The minimum absolute atomic E-state index is 0.278. The van der Waals surface area contributed by atoms with Gasteiger partial charge in [0.05, 0.1) is 17.3 Å². The van der Waals surface area contributed by atoms with Crippen LogP contribution in [-0.2, 0) is 23.7 Å². The van der Waals surface area contributed by atoms with Gasteiger partial charge in [0.2, 0.25) is 0 Å². The van der Waals surface area contributed by atoms with Crippen LogP contribution in [-0.4, -0.2) is 74.2 Å². The van der Waals surface area contributed by atoms with Crippen LogP contribution in [0.1, 0.15) is 13.8 Å². The van der Waals surface area contributed by atoms with E-state index in [9.17, 15) is 20.1 Å². The first-order valence-electron chi connectivity index (χ1n) is 6.55. The van der Waals surface area contributed by atoms with Crippen LogP contribution >= 0.6 is 31.9 Å². The molecule has 3 N–H and O–H groups in total. The van der Waals surface area contributed by atoms with Crippen LogP contribution in [0.15, 0.2) is 0 Å². The van der Waals surface area contributed by atoms with Crippen LogP contribution in [0.2, 0.25) is 0 Å². The molecule has 0 unspecified atom stereocenters. The quantitative estimate of drug-likeness (QED) is 0.509. The van der Waals surface area contributed by atoms with Gasteiger partial charge in [-0.05, 0) is 13.8 Å². The smallest absolute Gasteiger partial charge is 0.367 e. The number of hydrogen-bond acceptors (Lipinski definition) is 7. The first-order valence-corrected chi connectivity index (χ1v) is 8.79. The highest BCUT2D eigenvalue weighted by Crippen LogP contribution is 2.43. The van der Waals surface area contributed by atoms with Crippen molar-refractivity contribution in [3.05, 3.63) is 0 Å². The first kappa shape index (κ1) is 18.5. The maximum absolute atomic E-state index is 11.4. The van der Waals surface area contributed by atoms with Gasteiger partial charge in [0.15, 0.2) is 17.7 Å². The summed E-state index contributed by atoms with van der Waals surface area (Å²) in [6.07, 6.45) is -3.26. The summed E-state index contributed by atoms with van der Waals surface area (Å²) in [6, 6.07) is 0. The predicted molar refractivity (Wildman–Crippen MR) is 79.8 cm³/mol. The van der Waals surface area contributed by atoms with Crippen LogP contribution in [0.5, 0.6) is 0 Å². The van der Waals surface area contributed by atoms with E-state index in [1.807, 2.05) is 0 Å². The molecule has 22 heavy (non-hydrogen) atoms. The molecule has 128 valence electrons. The fourth-order valence-electron chi connectivity index (χ4n) is 2.55. The van der Waals surface area contributed by atoms with Gasteiger partial charge < -0.3 is 34.3 Å². The number of rotatable bonds is 5. The second-order valence-electron chi connectivity index (χ2n) is 5.64. The molecule has 2 aliphatic rings. The van der Waals surface area contributed by atoms with Crippen molar-refractivity contribution < 1.29 is 39.1 Å². The third kappa shape index (κ3) is 3.07. The second-order valence-corrected chi connectivity index (χ2v) is 6.76. The molecule has 2 fully saturated rings. The minimum Gasteiger partial charge on any atom is -0.477 e. The van der Waals surface area contributed by atoms with Crippen molar-refractivity contribution in [1.29, 1.82) is 0 Å². The standard InChI is InChI=1S/C12H18Br2O8/c1-10(2)21-8(12(18,22-10)9(16)17)7-6(3-15)19-11(4-13,5-14)20-7/h6-8,15,18H,3-5H2,1-2H3,(H,16,17)/t6-,7-,8+,12-/m1/s1. The molecule has 4 atom stereocenters. The van der Waals surface area contributed by atoms with Crippen molar-refractivity contribution in [2.75, 3.05) is 17.3 Å². The van der Waals surface area contributed by atoms with Crippen LogP contribution < -0.4 is 0 Å². The number of carboxylic acids is 1. The van der Waals surface area contributed by atoms with Gasteiger partial charge in [-0.25, -0.2) is 4.79 Å². The number of aliphatic hydroxyl groups excluding tert-OH is 1. The molecule has 0 aliphatic carbocycles. The van der Waals surface area contributed by atoms with Gasteiger partial charge in [0.25, 0.3) is 5.79 Å². The number of carbonyl (C=O) groups is 1. The second kappa shape index (κ2) is 6.25. The monoisotopic (exact) mass is 448 g/mol. The maximum Gasteiger partial charge on any atom is 0.367 e. The Labute approximate surface area is 143 Å². The van der Waals surface area contributed by atoms with E-state index >= 15 is 0 Å². The zero-order valence-electron chi connectivity index (χ0n) is 12.0. The zero-order valence-corrected chi connectivity index (χ0v) is 15.2. The number of halogens is 2. The Morgan fingerprint density at radius 1 is 1.18 bits per heavy atom. The average molecular weight is 450 g/mol. The van der Waals surface area contributed by atoms with Gasteiger partial charge in [0, 0.05) is 0 Å². The minimum atomic E-state index is -2.60. The lowest BCUT2D eigenvalue weighted by Gasteiger charge is -2.28. The molecule has 2 rings (SSSR count). The van der Waals surface area contributed by atoms with Crippen LogP contribution in [0, 0.1) is 0 Å². The highest BCUT2D eigenvalue weighted by molar-refractivity contribution is 9.09.